The minimum Gasteiger partial charge on any atom is -0.478 e. The average molecular weight is 277 g/mol. The van der Waals surface area contributed by atoms with Crippen LogP contribution in [0.3, 0.4) is 0 Å². The molecule has 2 rings (SSSR count). The highest BCUT2D eigenvalue weighted by molar-refractivity contribution is 6.07. The van der Waals surface area contributed by atoms with Gasteiger partial charge >= 0.3 is 5.97 Å². The van der Waals surface area contributed by atoms with Crippen LogP contribution in [0.4, 0.5) is 14.5 Å². The van der Waals surface area contributed by atoms with E-state index in [9.17, 15) is 18.4 Å². The SMILES string of the molecule is O=C(Nc1cccc(F)c1C(=O)O)c1cccc(F)c1. The van der Waals surface area contributed by atoms with Gasteiger partial charge in [-0.05, 0) is 30.3 Å². The van der Waals surface area contributed by atoms with Crippen molar-refractivity contribution in [3.8, 4) is 0 Å². The number of rotatable bonds is 3. The largest absolute Gasteiger partial charge is 0.478 e. The van der Waals surface area contributed by atoms with Gasteiger partial charge in [0.15, 0.2) is 0 Å². The molecule has 0 bridgehead atoms. The third-order valence-electron chi connectivity index (χ3n) is 2.56. The van der Waals surface area contributed by atoms with E-state index in [-0.39, 0.29) is 11.3 Å². The van der Waals surface area contributed by atoms with Crippen molar-refractivity contribution < 1.29 is 23.5 Å². The number of carboxylic acids is 1. The molecule has 0 unspecified atom stereocenters. The van der Waals surface area contributed by atoms with Gasteiger partial charge in [-0.15, -0.1) is 0 Å². The van der Waals surface area contributed by atoms with Crippen molar-refractivity contribution in [1.29, 1.82) is 0 Å². The van der Waals surface area contributed by atoms with Crippen LogP contribution >= 0.6 is 0 Å². The summed E-state index contributed by atoms with van der Waals surface area (Å²) in [7, 11) is 0. The van der Waals surface area contributed by atoms with E-state index in [0.717, 1.165) is 12.1 Å². The first-order chi connectivity index (χ1) is 9.49. The van der Waals surface area contributed by atoms with Crippen molar-refractivity contribution in [1.82, 2.24) is 0 Å². The quantitative estimate of drug-likeness (QED) is 0.906. The molecule has 102 valence electrons. The molecule has 0 saturated heterocycles. The van der Waals surface area contributed by atoms with Gasteiger partial charge < -0.3 is 10.4 Å². The first kappa shape index (κ1) is 13.7. The molecule has 6 heteroatoms. The summed E-state index contributed by atoms with van der Waals surface area (Å²) in [4.78, 5) is 22.8. The molecule has 0 fully saturated rings. The molecule has 1 amide bonds. The Labute approximate surface area is 112 Å². The normalized spacial score (nSPS) is 10.1. The molecule has 0 aliphatic heterocycles. The van der Waals surface area contributed by atoms with E-state index < -0.39 is 29.1 Å². The summed E-state index contributed by atoms with van der Waals surface area (Å²) in [6, 6.07) is 8.36. The van der Waals surface area contributed by atoms with Crippen LogP contribution in [0.15, 0.2) is 42.5 Å². The predicted molar refractivity (Wildman–Crippen MR) is 67.7 cm³/mol. The molecule has 0 aliphatic rings. The Morgan fingerprint density at radius 2 is 1.75 bits per heavy atom. The number of carbonyl (C=O) groups is 2. The molecule has 0 heterocycles. The summed E-state index contributed by atoms with van der Waals surface area (Å²) in [6.07, 6.45) is 0. The smallest absolute Gasteiger partial charge is 0.340 e. The van der Waals surface area contributed by atoms with E-state index >= 15 is 0 Å². The van der Waals surface area contributed by atoms with E-state index in [1.54, 1.807) is 0 Å². The Morgan fingerprint density at radius 3 is 2.40 bits per heavy atom. The highest BCUT2D eigenvalue weighted by Crippen LogP contribution is 2.20. The van der Waals surface area contributed by atoms with Crippen LogP contribution in [0.1, 0.15) is 20.7 Å². The molecule has 2 aromatic carbocycles. The third kappa shape index (κ3) is 2.80. The van der Waals surface area contributed by atoms with Crippen LogP contribution in [-0.2, 0) is 0 Å². The number of anilines is 1. The molecule has 4 nitrogen and oxygen atoms in total. The van der Waals surface area contributed by atoms with Crippen LogP contribution in [-0.4, -0.2) is 17.0 Å². The topological polar surface area (TPSA) is 66.4 Å². The Bertz CT molecular complexity index is 686. The van der Waals surface area contributed by atoms with Crippen LogP contribution in [0, 0.1) is 11.6 Å². The van der Waals surface area contributed by atoms with Gasteiger partial charge in [0.2, 0.25) is 0 Å². The fourth-order valence-electron chi connectivity index (χ4n) is 1.67. The maximum Gasteiger partial charge on any atom is 0.340 e. The van der Waals surface area contributed by atoms with E-state index in [1.807, 2.05) is 0 Å². The molecule has 0 aliphatic carbocycles. The van der Waals surface area contributed by atoms with Crippen molar-refractivity contribution in [2.75, 3.05) is 5.32 Å². The van der Waals surface area contributed by atoms with Crippen molar-refractivity contribution >= 4 is 17.6 Å². The Balaban J connectivity index is 2.33. The fraction of sp³-hybridized carbons (Fsp3) is 0. The Kier molecular flexibility index (Phi) is 3.74. The van der Waals surface area contributed by atoms with Gasteiger partial charge in [0.05, 0.1) is 5.69 Å². The molecule has 0 spiro atoms. The molecule has 0 atom stereocenters. The van der Waals surface area contributed by atoms with E-state index in [4.69, 9.17) is 5.11 Å². The lowest BCUT2D eigenvalue weighted by molar-refractivity contribution is 0.0693. The summed E-state index contributed by atoms with van der Waals surface area (Å²) in [6.45, 7) is 0. The number of hydrogen-bond acceptors (Lipinski definition) is 2. The number of amides is 1. The van der Waals surface area contributed by atoms with Gasteiger partial charge in [0, 0.05) is 5.56 Å². The minimum absolute atomic E-state index is 0.00519. The summed E-state index contributed by atoms with van der Waals surface area (Å²) >= 11 is 0. The van der Waals surface area contributed by atoms with Gasteiger partial charge in [0.1, 0.15) is 17.2 Å². The number of hydrogen-bond donors (Lipinski definition) is 2. The molecule has 20 heavy (non-hydrogen) atoms. The van der Waals surface area contributed by atoms with Gasteiger partial charge in [-0.1, -0.05) is 12.1 Å². The molecule has 0 saturated carbocycles. The van der Waals surface area contributed by atoms with Crippen molar-refractivity contribution in [3.63, 3.8) is 0 Å². The maximum atomic E-state index is 13.4. The van der Waals surface area contributed by atoms with E-state index in [1.165, 1.54) is 30.3 Å². The molecule has 0 aromatic heterocycles. The molecular formula is C14H9F2NO3. The zero-order valence-electron chi connectivity index (χ0n) is 10.1. The van der Waals surface area contributed by atoms with Crippen LogP contribution in [0.25, 0.3) is 0 Å². The molecular weight excluding hydrogens is 268 g/mol. The second-order valence-corrected chi connectivity index (χ2v) is 3.93. The lowest BCUT2D eigenvalue weighted by atomic mass is 10.1. The second-order valence-electron chi connectivity index (χ2n) is 3.93. The molecule has 2 aromatic rings. The first-order valence-corrected chi connectivity index (χ1v) is 5.58. The highest BCUT2D eigenvalue weighted by Gasteiger charge is 2.17. The summed E-state index contributed by atoms with van der Waals surface area (Å²) in [5.41, 5.74) is -0.824. The zero-order valence-corrected chi connectivity index (χ0v) is 10.1. The maximum absolute atomic E-state index is 13.4. The van der Waals surface area contributed by atoms with Gasteiger partial charge in [0.25, 0.3) is 5.91 Å². The predicted octanol–water partition coefficient (Wildman–Crippen LogP) is 2.92. The molecule has 2 N–H and O–H groups in total. The Hall–Kier alpha value is -2.76. The summed E-state index contributed by atoms with van der Waals surface area (Å²) in [5, 5.41) is 11.2. The number of carbonyl (C=O) groups excluding carboxylic acids is 1. The van der Waals surface area contributed by atoms with Crippen molar-refractivity contribution in [2.24, 2.45) is 0 Å². The third-order valence-corrected chi connectivity index (χ3v) is 2.56. The van der Waals surface area contributed by atoms with E-state index in [0.29, 0.717) is 0 Å². The summed E-state index contributed by atoms with van der Waals surface area (Å²) in [5.74, 6) is -3.79. The number of benzene rings is 2. The number of halogens is 2. The average Bonchev–Trinajstić information content (AvgIpc) is 2.38. The lowest BCUT2D eigenvalue weighted by Gasteiger charge is -2.09. The van der Waals surface area contributed by atoms with Gasteiger partial charge in [-0.3, -0.25) is 4.79 Å². The van der Waals surface area contributed by atoms with Crippen LogP contribution < -0.4 is 5.32 Å². The van der Waals surface area contributed by atoms with Crippen molar-refractivity contribution in [2.45, 2.75) is 0 Å². The highest BCUT2D eigenvalue weighted by atomic mass is 19.1. The van der Waals surface area contributed by atoms with Gasteiger partial charge in [-0.2, -0.15) is 0 Å². The number of carboxylic acid groups (broad SMARTS) is 1. The van der Waals surface area contributed by atoms with E-state index in [2.05, 4.69) is 5.32 Å². The second kappa shape index (κ2) is 5.48. The monoisotopic (exact) mass is 277 g/mol. The molecule has 0 radical (unpaired) electrons. The standard InChI is InChI=1S/C14H9F2NO3/c15-9-4-1-3-8(7-9)13(18)17-11-6-2-5-10(16)12(11)14(19)20/h1-7H,(H,17,18)(H,19,20). The first-order valence-electron chi connectivity index (χ1n) is 5.58. The van der Waals surface area contributed by atoms with Crippen LogP contribution in [0.2, 0.25) is 0 Å². The Morgan fingerprint density at radius 1 is 1.05 bits per heavy atom. The summed E-state index contributed by atoms with van der Waals surface area (Å²) < 4.78 is 26.4. The van der Waals surface area contributed by atoms with Gasteiger partial charge in [-0.25, -0.2) is 13.6 Å². The number of nitrogens with one attached hydrogen (secondary N) is 1. The lowest BCUT2D eigenvalue weighted by Crippen LogP contribution is -2.16. The van der Waals surface area contributed by atoms with Crippen molar-refractivity contribution in [3.05, 3.63) is 65.2 Å². The number of aromatic carboxylic acids is 1. The minimum atomic E-state index is -1.50. The van der Waals surface area contributed by atoms with Crippen LogP contribution in [0.5, 0.6) is 0 Å². The fourth-order valence-corrected chi connectivity index (χ4v) is 1.67. The zero-order chi connectivity index (χ0) is 14.7.